The predicted molar refractivity (Wildman–Crippen MR) is 61.6 cm³/mol. The first-order valence-electron chi connectivity index (χ1n) is 5.38. The highest BCUT2D eigenvalue weighted by Crippen LogP contribution is 2.34. The highest BCUT2D eigenvalue weighted by Gasteiger charge is 2.24. The zero-order chi connectivity index (χ0) is 9.97. The second kappa shape index (κ2) is 4.47. The van der Waals surface area contributed by atoms with Crippen molar-refractivity contribution in [1.29, 1.82) is 0 Å². The standard InChI is InChI=1S/C11H17BrN2/c1-14-10(7-8-13-14)6-5-9-3-2-4-11(9)12/h7-9,11H,2-6H2,1H3. The average Bonchev–Trinajstić information content (AvgIpc) is 2.72. The SMILES string of the molecule is Cn1nccc1CCC1CCCC1Br. The monoisotopic (exact) mass is 256 g/mol. The molecule has 1 saturated carbocycles. The topological polar surface area (TPSA) is 17.8 Å². The van der Waals surface area contributed by atoms with E-state index in [-0.39, 0.29) is 0 Å². The Hall–Kier alpha value is -0.310. The van der Waals surface area contributed by atoms with E-state index in [1.807, 2.05) is 17.9 Å². The molecule has 78 valence electrons. The Morgan fingerprint density at radius 2 is 2.43 bits per heavy atom. The van der Waals surface area contributed by atoms with E-state index in [0.29, 0.717) is 0 Å². The summed E-state index contributed by atoms with van der Waals surface area (Å²) in [5.41, 5.74) is 1.36. The van der Waals surface area contributed by atoms with Gasteiger partial charge < -0.3 is 0 Å². The van der Waals surface area contributed by atoms with Gasteiger partial charge in [-0.2, -0.15) is 5.10 Å². The van der Waals surface area contributed by atoms with Gasteiger partial charge in [-0.15, -0.1) is 0 Å². The van der Waals surface area contributed by atoms with Gasteiger partial charge in [0.25, 0.3) is 0 Å². The van der Waals surface area contributed by atoms with Crippen LogP contribution in [0.4, 0.5) is 0 Å². The van der Waals surface area contributed by atoms with E-state index >= 15 is 0 Å². The van der Waals surface area contributed by atoms with Gasteiger partial charge in [-0.3, -0.25) is 4.68 Å². The maximum absolute atomic E-state index is 4.19. The summed E-state index contributed by atoms with van der Waals surface area (Å²) in [4.78, 5) is 0.760. The van der Waals surface area contributed by atoms with Crippen molar-refractivity contribution < 1.29 is 0 Å². The lowest BCUT2D eigenvalue weighted by Gasteiger charge is -2.13. The van der Waals surface area contributed by atoms with Gasteiger partial charge in [-0.1, -0.05) is 22.4 Å². The summed E-state index contributed by atoms with van der Waals surface area (Å²) in [6.45, 7) is 0. The molecule has 1 aromatic rings. The van der Waals surface area contributed by atoms with E-state index in [9.17, 15) is 0 Å². The summed E-state index contributed by atoms with van der Waals surface area (Å²) < 4.78 is 1.98. The number of rotatable bonds is 3. The third-order valence-electron chi connectivity index (χ3n) is 3.26. The van der Waals surface area contributed by atoms with Crippen molar-refractivity contribution in [3.8, 4) is 0 Å². The summed E-state index contributed by atoms with van der Waals surface area (Å²) in [5.74, 6) is 0.880. The van der Waals surface area contributed by atoms with Crippen molar-refractivity contribution in [3.63, 3.8) is 0 Å². The number of hydrogen-bond donors (Lipinski definition) is 0. The lowest BCUT2D eigenvalue weighted by Crippen LogP contribution is -2.09. The molecule has 1 aliphatic carbocycles. The van der Waals surface area contributed by atoms with E-state index in [1.165, 1.54) is 37.8 Å². The number of aromatic nitrogens is 2. The molecule has 14 heavy (non-hydrogen) atoms. The molecular weight excluding hydrogens is 240 g/mol. The molecule has 2 rings (SSSR count). The molecule has 2 unspecified atom stereocenters. The molecule has 0 bridgehead atoms. The van der Waals surface area contributed by atoms with Crippen LogP contribution in [-0.4, -0.2) is 14.6 Å². The van der Waals surface area contributed by atoms with E-state index in [4.69, 9.17) is 0 Å². The molecule has 0 aliphatic heterocycles. The van der Waals surface area contributed by atoms with Gasteiger partial charge in [0.1, 0.15) is 0 Å². The van der Waals surface area contributed by atoms with Gasteiger partial charge >= 0.3 is 0 Å². The van der Waals surface area contributed by atoms with Gasteiger partial charge in [-0.25, -0.2) is 0 Å². The van der Waals surface area contributed by atoms with Gasteiger partial charge in [0.2, 0.25) is 0 Å². The van der Waals surface area contributed by atoms with Crippen molar-refractivity contribution >= 4 is 15.9 Å². The third-order valence-corrected chi connectivity index (χ3v) is 4.47. The highest BCUT2D eigenvalue weighted by atomic mass is 79.9. The summed E-state index contributed by atoms with van der Waals surface area (Å²) in [5, 5.41) is 4.19. The first-order chi connectivity index (χ1) is 6.77. The van der Waals surface area contributed by atoms with Crippen LogP contribution in [0.25, 0.3) is 0 Å². The Morgan fingerprint density at radius 3 is 3.00 bits per heavy atom. The van der Waals surface area contributed by atoms with Crippen molar-refractivity contribution in [3.05, 3.63) is 18.0 Å². The molecule has 2 atom stereocenters. The zero-order valence-electron chi connectivity index (χ0n) is 8.62. The molecule has 2 nitrogen and oxygen atoms in total. The molecule has 0 spiro atoms. The summed E-state index contributed by atoms with van der Waals surface area (Å²) >= 11 is 3.77. The molecular formula is C11H17BrN2. The molecule has 0 aromatic carbocycles. The van der Waals surface area contributed by atoms with Crippen molar-refractivity contribution in [2.75, 3.05) is 0 Å². The van der Waals surface area contributed by atoms with Crippen LogP contribution in [0, 0.1) is 5.92 Å². The second-order valence-electron chi connectivity index (χ2n) is 4.19. The lowest BCUT2D eigenvalue weighted by atomic mass is 10.0. The fourth-order valence-corrected chi connectivity index (χ4v) is 3.15. The number of aryl methyl sites for hydroxylation is 2. The third kappa shape index (κ3) is 2.19. The Balaban J connectivity index is 1.85. The Bertz CT molecular complexity index is 295. The second-order valence-corrected chi connectivity index (χ2v) is 5.37. The fraction of sp³-hybridized carbons (Fsp3) is 0.727. The van der Waals surface area contributed by atoms with E-state index in [2.05, 4.69) is 27.1 Å². The maximum atomic E-state index is 4.19. The summed E-state index contributed by atoms with van der Waals surface area (Å²) in [6, 6.07) is 2.12. The largest absolute Gasteiger partial charge is 0.273 e. The van der Waals surface area contributed by atoms with Crippen molar-refractivity contribution in [1.82, 2.24) is 9.78 Å². The predicted octanol–water partition coefficient (Wildman–Crippen LogP) is 2.92. The first-order valence-corrected chi connectivity index (χ1v) is 6.30. The van der Waals surface area contributed by atoms with E-state index in [1.54, 1.807) is 0 Å². The van der Waals surface area contributed by atoms with Crippen LogP contribution >= 0.6 is 15.9 Å². The minimum Gasteiger partial charge on any atom is -0.273 e. The van der Waals surface area contributed by atoms with Gasteiger partial charge in [-0.05, 0) is 37.7 Å². The average molecular weight is 257 g/mol. The maximum Gasteiger partial charge on any atom is 0.0492 e. The van der Waals surface area contributed by atoms with Gasteiger partial charge in [0.15, 0.2) is 0 Å². The lowest BCUT2D eigenvalue weighted by molar-refractivity contribution is 0.506. The number of halogens is 1. The van der Waals surface area contributed by atoms with Crippen molar-refractivity contribution in [2.45, 2.75) is 36.9 Å². The molecule has 0 N–H and O–H groups in total. The number of hydrogen-bond acceptors (Lipinski definition) is 1. The molecule has 0 saturated heterocycles. The van der Waals surface area contributed by atoms with Crippen LogP contribution in [0.15, 0.2) is 12.3 Å². The quantitative estimate of drug-likeness (QED) is 0.761. The van der Waals surface area contributed by atoms with Crippen LogP contribution in [0.3, 0.4) is 0 Å². The Labute approximate surface area is 93.8 Å². The molecule has 1 fully saturated rings. The molecule has 0 radical (unpaired) electrons. The smallest absolute Gasteiger partial charge is 0.0492 e. The van der Waals surface area contributed by atoms with Gasteiger partial charge in [0, 0.05) is 23.8 Å². The van der Waals surface area contributed by atoms with Crippen molar-refractivity contribution in [2.24, 2.45) is 13.0 Å². The normalized spacial score (nSPS) is 27.0. The molecule has 1 heterocycles. The highest BCUT2D eigenvalue weighted by molar-refractivity contribution is 9.09. The van der Waals surface area contributed by atoms with E-state index < -0.39 is 0 Å². The molecule has 3 heteroatoms. The van der Waals surface area contributed by atoms with Gasteiger partial charge in [0.05, 0.1) is 0 Å². The summed E-state index contributed by atoms with van der Waals surface area (Å²) in [7, 11) is 2.02. The Morgan fingerprint density at radius 1 is 1.57 bits per heavy atom. The molecule has 1 aliphatic rings. The first kappa shape index (κ1) is 10.2. The Kier molecular flexibility index (Phi) is 3.26. The van der Waals surface area contributed by atoms with Crippen LogP contribution in [-0.2, 0) is 13.5 Å². The van der Waals surface area contributed by atoms with Crippen LogP contribution in [0.1, 0.15) is 31.4 Å². The van der Waals surface area contributed by atoms with Crippen LogP contribution in [0.5, 0.6) is 0 Å². The van der Waals surface area contributed by atoms with E-state index in [0.717, 1.165) is 10.7 Å². The fourth-order valence-electron chi connectivity index (χ4n) is 2.30. The summed E-state index contributed by atoms with van der Waals surface area (Å²) in [6.07, 6.45) is 8.50. The number of nitrogens with zero attached hydrogens (tertiary/aromatic N) is 2. The number of alkyl halides is 1. The molecule has 0 amide bonds. The zero-order valence-corrected chi connectivity index (χ0v) is 10.2. The van der Waals surface area contributed by atoms with Crippen LogP contribution < -0.4 is 0 Å². The minimum atomic E-state index is 0.760. The minimum absolute atomic E-state index is 0.760. The molecule has 1 aromatic heterocycles. The van der Waals surface area contributed by atoms with Crippen LogP contribution in [0.2, 0.25) is 0 Å².